The summed E-state index contributed by atoms with van der Waals surface area (Å²) in [6.45, 7) is 12.2. The van der Waals surface area contributed by atoms with E-state index in [0.717, 1.165) is 25.2 Å². The van der Waals surface area contributed by atoms with E-state index in [-0.39, 0.29) is 0 Å². The average Bonchev–Trinajstić information content (AvgIpc) is 1.97. The van der Waals surface area contributed by atoms with Crippen LogP contribution < -0.4 is 10.6 Å². The molecule has 11 heavy (non-hydrogen) atoms. The number of nitrogens with one attached hydrogen (secondary N) is 2. The molecule has 0 atom stereocenters. The Balaban J connectivity index is 3.08. The lowest BCUT2D eigenvalue weighted by Crippen LogP contribution is -2.31. The number of hydrogen-bond acceptors (Lipinski definition) is 2. The van der Waals surface area contributed by atoms with E-state index in [9.17, 15) is 0 Å². The molecule has 0 aliphatic rings. The molecular weight excluding hydrogens is 136 g/mol. The van der Waals surface area contributed by atoms with Crippen LogP contribution in [-0.4, -0.2) is 19.1 Å². The molecule has 0 aliphatic carbocycles. The minimum Gasteiger partial charge on any atom is -0.388 e. The zero-order chi connectivity index (χ0) is 8.69. The Morgan fingerprint density at radius 2 is 2.00 bits per heavy atom. The van der Waals surface area contributed by atoms with Crippen LogP contribution in [0.5, 0.6) is 0 Å². The third-order valence-electron chi connectivity index (χ3n) is 1.48. The Morgan fingerprint density at radius 3 is 2.45 bits per heavy atom. The van der Waals surface area contributed by atoms with Crippen molar-refractivity contribution in [1.29, 1.82) is 0 Å². The first kappa shape index (κ1) is 10.5. The first-order chi connectivity index (χ1) is 5.16. The number of allylic oxidation sites excluding steroid dienone is 1. The molecule has 0 aromatic heterocycles. The highest BCUT2D eigenvalue weighted by molar-refractivity contribution is 4.88. The summed E-state index contributed by atoms with van der Waals surface area (Å²) in [4.78, 5) is 0. The van der Waals surface area contributed by atoms with E-state index in [0.29, 0.717) is 6.04 Å². The van der Waals surface area contributed by atoms with Crippen LogP contribution in [0.15, 0.2) is 12.3 Å². The molecule has 66 valence electrons. The van der Waals surface area contributed by atoms with Crippen molar-refractivity contribution in [3.8, 4) is 0 Å². The molecule has 0 amide bonds. The van der Waals surface area contributed by atoms with Gasteiger partial charge in [0.2, 0.25) is 0 Å². The van der Waals surface area contributed by atoms with E-state index in [4.69, 9.17) is 0 Å². The Labute approximate surface area is 70.1 Å². The first-order valence-electron chi connectivity index (χ1n) is 4.31. The summed E-state index contributed by atoms with van der Waals surface area (Å²) in [7, 11) is 0. The molecule has 0 radical (unpaired) electrons. The lowest BCUT2D eigenvalue weighted by atomic mass is 10.3. The molecule has 0 aromatic carbocycles. The van der Waals surface area contributed by atoms with Gasteiger partial charge in [0, 0.05) is 24.8 Å². The van der Waals surface area contributed by atoms with Gasteiger partial charge in [-0.05, 0) is 6.42 Å². The molecule has 0 rings (SSSR count). The van der Waals surface area contributed by atoms with Gasteiger partial charge < -0.3 is 10.6 Å². The average molecular weight is 156 g/mol. The van der Waals surface area contributed by atoms with Crippen molar-refractivity contribution in [1.82, 2.24) is 10.6 Å². The van der Waals surface area contributed by atoms with Crippen LogP contribution in [0.2, 0.25) is 0 Å². The molecule has 0 bridgehead atoms. The van der Waals surface area contributed by atoms with Crippen LogP contribution in [0.1, 0.15) is 27.2 Å². The van der Waals surface area contributed by atoms with Gasteiger partial charge in [0.25, 0.3) is 0 Å². The predicted octanol–water partition coefficient (Wildman–Crippen LogP) is 1.50. The summed E-state index contributed by atoms with van der Waals surface area (Å²) < 4.78 is 0. The van der Waals surface area contributed by atoms with Gasteiger partial charge in [-0.2, -0.15) is 0 Å². The molecule has 0 unspecified atom stereocenters. The second-order valence-electron chi connectivity index (χ2n) is 2.99. The number of hydrogen-bond donors (Lipinski definition) is 2. The minimum absolute atomic E-state index is 0.576. The fourth-order valence-electron chi connectivity index (χ4n) is 0.725. The lowest BCUT2D eigenvalue weighted by molar-refractivity contribution is 0.572. The van der Waals surface area contributed by atoms with Crippen LogP contribution in [0.4, 0.5) is 0 Å². The summed E-state index contributed by atoms with van der Waals surface area (Å²) in [5, 5.41) is 6.55. The number of rotatable bonds is 6. The Morgan fingerprint density at radius 1 is 1.36 bits per heavy atom. The highest BCUT2D eigenvalue weighted by atomic mass is 15.0. The summed E-state index contributed by atoms with van der Waals surface area (Å²) >= 11 is 0. The molecular formula is C9H20N2. The topological polar surface area (TPSA) is 24.1 Å². The standard InChI is InChI=1S/C9H20N2/c1-5-9(4)11-7-6-10-8(2)3/h8,10-11H,4-7H2,1-3H3. The molecule has 0 fully saturated rings. The fraction of sp³-hybridized carbons (Fsp3) is 0.778. The lowest BCUT2D eigenvalue weighted by Gasteiger charge is -2.10. The largest absolute Gasteiger partial charge is 0.388 e. The van der Waals surface area contributed by atoms with Crippen molar-refractivity contribution in [2.24, 2.45) is 0 Å². The molecule has 0 aromatic rings. The normalized spacial score (nSPS) is 10.2. The van der Waals surface area contributed by atoms with Crippen LogP contribution in [0.3, 0.4) is 0 Å². The Bertz CT molecular complexity index is 108. The fourth-order valence-corrected chi connectivity index (χ4v) is 0.725. The molecule has 0 saturated heterocycles. The first-order valence-corrected chi connectivity index (χ1v) is 4.31. The maximum Gasteiger partial charge on any atom is 0.0269 e. The predicted molar refractivity (Wildman–Crippen MR) is 50.6 cm³/mol. The third-order valence-corrected chi connectivity index (χ3v) is 1.48. The van der Waals surface area contributed by atoms with Gasteiger partial charge in [0.1, 0.15) is 0 Å². The summed E-state index contributed by atoms with van der Waals surface area (Å²) in [6.07, 6.45) is 1.02. The van der Waals surface area contributed by atoms with Gasteiger partial charge in [-0.15, -0.1) is 0 Å². The summed E-state index contributed by atoms with van der Waals surface area (Å²) in [5.74, 6) is 0. The van der Waals surface area contributed by atoms with E-state index in [1.54, 1.807) is 0 Å². The second-order valence-corrected chi connectivity index (χ2v) is 2.99. The van der Waals surface area contributed by atoms with Gasteiger partial charge in [0.05, 0.1) is 0 Å². The van der Waals surface area contributed by atoms with Crippen molar-refractivity contribution in [2.45, 2.75) is 33.2 Å². The van der Waals surface area contributed by atoms with E-state index < -0.39 is 0 Å². The van der Waals surface area contributed by atoms with Crippen molar-refractivity contribution >= 4 is 0 Å². The van der Waals surface area contributed by atoms with Gasteiger partial charge >= 0.3 is 0 Å². The zero-order valence-electron chi connectivity index (χ0n) is 7.91. The Kier molecular flexibility index (Phi) is 5.94. The van der Waals surface area contributed by atoms with Crippen LogP contribution >= 0.6 is 0 Å². The monoisotopic (exact) mass is 156 g/mol. The van der Waals surface area contributed by atoms with Gasteiger partial charge in [0.15, 0.2) is 0 Å². The SMILES string of the molecule is C=C(CC)NCCNC(C)C. The van der Waals surface area contributed by atoms with Crippen LogP contribution in [-0.2, 0) is 0 Å². The quantitative estimate of drug-likeness (QED) is 0.569. The molecule has 2 heteroatoms. The molecule has 2 N–H and O–H groups in total. The van der Waals surface area contributed by atoms with Gasteiger partial charge in [-0.25, -0.2) is 0 Å². The van der Waals surface area contributed by atoms with Crippen LogP contribution in [0.25, 0.3) is 0 Å². The minimum atomic E-state index is 0.576. The Hall–Kier alpha value is -0.500. The smallest absolute Gasteiger partial charge is 0.0269 e. The summed E-state index contributed by atoms with van der Waals surface area (Å²) in [5.41, 5.74) is 1.12. The van der Waals surface area contributed by atoms with Crippen molar-refractivity contribution in [2.75, 3.05) is 13.1 Å². The maximum atomic E-state index is 3.85. The highest BCUT2D eigenvalue weighted by Crippen LogP contribution is 1.87. The van der Waals surface area contributed by atoms with E-state index in [2.05, 4.69) is 38.0 Å². The van der Waals surface area contributed by atoms with Gasteiger partial charge in [-0.1, -0.05) is 27.4 Å². The summed E-state index contributed by atoms with van der Waals surface area (Å²) in [6, 6.07) is 0.576. The third kappa shape index (κ3) is 7.40. The molecule has 2 nitrogen and oxygen atoms in total. The highest BCUT2D eigenvalue weighted by Gasteiger charge is 1.91. The maximum absolute atomic E-state index is 3.85. The van der Waals surface area contributed by atoms with E-state index in [1.807, 2.05) is 0 Å². The molecule has 0 aliphatic heterocycles. The molecule has 0 saturated carbocycles. The molecule has 0 spiro atoms. The van der Waals surface area contributed by atoms with Crippen molar-refractivity contribution in [3.63, 3.8) is 0 Å². The van der Waals surface area contributed by atoms with Crippen molar-refractivity contribution in [3.05, 3.63) is 12.3 Å². The molecule has 0 heterocycles. The second kappa shape index (κ2) is 6.23. The van der Waals surface area contributed by atoms with Crippen LogP contribution in [0, 0.1) is 0 Å². The van der Waals surface area contributed by atoms with E-state index >= 15 is 0 Å². The van der Waals surface area contributed by atoms with Crippen molar-refractivity contribution < 1.29 is 0 Å². The van der Waals surface area contributed by atoms with Gasteiger partial charge in [-0.3, -0.25) is 0 Å². The van der Waals surface area contributed by atoms with E-state index in [1.165, 1.54) is 0 Å². The zero-order valence-corrected chi connectivity index (χ0v) is 7.91.